The van der Waals surface area contributed by atoms with E-state index >= 15 is 0 Å². The van der Waals surface area contributed by atoms with Gasteiger partial charge in [0.25, 0.3) is 6.47 Å². The topological polar surface area (TPSA) is 120 Å². The number of carbonyl (C=O) groups is 2. The number of pyridine rings is 1. The minimum Gasteiger partial charge on any atom is -0.483 e. The fourth-order valence-corrected chi connectivity index (χ4v) is 5.69. The van der Waals surface area contributed by atoms with Crippen molar-refractivity contribution in [2.75, 3.05) is 30.8 Å². The quantitative estimate of drug-likeness (QED) is 0.669. The Morgan fingerprint density at radius 2 is 2.03 bits per heavy atom. The first-order chi connectivity index (χ1) is 14.2. The van der Waals surface area contributed by atoms with Gasteiger partial charge in [0.1, 0.15) is 0 Å². The minimum absolute atomic E-state index is 0.0699. The van der Waals surface area contributed by atoms with Gasteiger partial charge in [-0.25, -0.2) is 13.1 Å². The van der Waals surface area contributed by atoms with Crippen molar-refractivity contribution in [3.8, 4) is 0 Å². The Hall–Kier alpha value is -2.20. The van der Waals surface area contributed by atoms with Crippen LogP contribution < -0.4 is 9.62 Å². The first-order valence-electron chi connectivity index (χ1n) is 10.2. The number of anilines is 1. The number of piperidine rings is 3. The zero-order valence-electron chi connectivity index (χ0n) is 17.4. The van der Waals surface area contributed by atoms with Crippen LogP contribution >= 0.6 is 0 Å². The zero-order valence-corrected chi connectivity index (χ0v) is 18.2. The van der Waals surface area contributed by atoms with Crippen LogP contribution in [0.15, 0.2) is 18.3 Å². The molecule has 1 aromatic rings. The Bertz CT molecular complexity index is 878. The lowest BCUT2D eigenvalue weighted by atomic mass is 9.72. The molecule has 166 valence electrons. The molecule has 0 saturated carbocycles. The lowest BCUT2D eigenvalue weighted by molar-refractivity contribution is -0.148. The summed E-state index contributed by atoms with van der Waals surface area (Å²) in [5, 5.41) is 6.89. The first-order valence-corrected chi connectivity index (χ1v) is 12.1. The molecule has 1 aromatic heterocycles. The fourth-order valence-electron chi connectivity index (χ4n) is 5.21. The summed E-state index contributed by atoms with van der Waals surface area (Å²) < 4.78 is 26.0. The van der Waals surface area contributed by atoms with Crippen molar-refractivity contribution in [3.63, 3.8) is 0 Å². The lowest BCUT2D eigenvalue weighted by Crippen LogP contribution is -2.67. The summed E-state index contributed by atoms with van der Waals surface area (Å²) in [6.45, 7) is 3.84. The summed E-state index contributed by atoms with van der Waals surface area (Å²) in [5.74, 6) is 0.898. The van der Waals surface area contributed by atoms with E-state index in [1.807, 2.05) is 24.1 Å². The van der Waals surface area contributed by atoms with Crippen molar-refractivity contribution in [3.05, 3.63) is 24.0 Å². The van der Waals surface area contributed by atoms with E-state index in [9.17, 15) is 13.2 Å². The third-order valence-electron chi connectivity index (χ3n) is 6.30. The Morgan fingerprint density at radius 3 is 2.70 bits per heavy atom. The average Bonchev–Trinajstić information content (AvgIpc) is 2.68. The van der Waals surface area contributed by atoms with Crippen molar-refractivity contribution in [1.29, 1.82) is 0 Å². The number of fused-ring (bicyclic) bond motifs is 4. The second kappa shape index (κ2) is 9.30. The standard InChI is InChI=1S/C19H28N4O3S.CH2O2/c1-13-8-16(6-7-20-13)22-11-14-9-15(12-22)18(10-21-27(2,25)26)23-17(14)4-3-5-19(23)24;2-1-3/h6-8,14-15,17-18,21H,3-5,9-12H2,1-2H3;1H,(H,2,3)/t14-,15+,17+,18+;/m1./s1. The average molecular weight is 439 g/mol. The van der Waals surface area contributed by atoms with Crippen LogP contribution in [0.2, 0.25) is 0 Å². The number of aryl methyl sites for hydroxylation is 1. The summed E-state index contributed by atoms with van der Waals surface area (Å²) in [6, 6.07) is 4.30. The smallest absolute Gasteiger partial charge is 0.290 e. The summed E-state index contributed by atoms with van der Waals surface area (Å²) in [5.41, 5.74) is 2.16. The van der Waals surface area contributed by atoms with Gasteiger partial charge in [-0.05, 0) is 50.2 Å². The van der Waals surface area contributed by atoms with Crippen LogP contribution in [0.5, 0.6) is 0 Å². The molecule has 30 heavy (non-hydrogen) atoms. The number of hydrogen-bond donors (Lipinski definition) is 2. The highest BCUT2D eigenvalue weighted by molar-refractivity contribution is 7.88. The molecule has 3 saturated heterocycles. The zero-order chi connectivity index (χ0) is 21.9. The molecule has 3 aliphatic heterocycles. The van der Waals surface area contributed by atoms with Gasteiger partial charge < -0.3 is 14.9 Å². The van der Waals surface area contributed by atoms with Crippen molar-refractivity contribution < 1.29 is 23.1 Å². The van der Waals surface area contributed by atoms with Crippen LogP contribution in [0, 0.1) is 18.8 Å². The van der Waals surface area contributed by atoms with Gasteiger partial charge >= 0.3 is 0 Å². The SMILES string of the molecule is Cc1cc(N2C[C@H]3C[C@@H](C2)[C@H](CNS(C)(=O)=O)N2C(=O)CCC[C@@H]32)ccn1.O=CO. The Balaban J connectivity index is 0.000000806. The number of carboxylic acid groups (broad SMARTS) is 1. The summed E-state index contributed by atoms with van der Waals surface area (Å²) >= 11 is 0. The van der Waals surface area contributed by atoms with E-state index in [4.69, 9.17) is 9.90 Å². The van der Waals surface area contributed by atoms with E-state index in [0.29, 0.717) is 18.9 Å². The maximum absolute atomic E-state index is 12.7. The number of nitrogens with one attached hydrogen (secondary N) is 1. The second-order valence-corrected chi connectivity index (χ2v) is 10.2. The van der Waals surface area contributed by atoms with Crippen LogP contribution in [0.4, 0.5) is 5.69 Å². The highest BCUT2D eigenvalue weighted by Gasteiger charge is 2.49. The van der Waals surface area contributed by atoms with Gasteiger partial charge in [0.15, 0.2) is 0 Å². The van der Waals surface area contributed by atoms with E-state index in [1.165, 1.54) is 11.9 Å². The van der Waals surface area contributed by atoms with E-state index in [1.54, 1.807) is 0 Å². The van der Waals surface area contributed by atoms with Crippen molar-refractivity contribution in [2.45, 2.75) is 44.7 Å². The van der Waals surface area contributed by atoms with Crippen LogP contribution in [0.1, 0.15) is 31.4 Å². The second-order valence-electron chi connectivity index (χ2n) is 8.37. The number of carbonyl (C=O) groups excluding carboxylic acids is 1. The lowest BCUT2D eigenvalue weighted by Gasteiger charge is -2.57. The van der Waals surface area contributed by atoms with Crippen molar-refractivity contribution >= 4 is 28.1 Å². The molecule has 4 heterocycles. The Labute approximate surface area is 177 Å². The minimum atomic E-state index is -3.29. The van der Waals surface area contributed by atoms with Gasteiger partial charge in [-0.15, -0.1) is 0 Å². The molecule has 0 aliphatic carbocycles. The summed E-state index contributed by atoms with van der Waals surface area (Å²) in [6.07, 6.45) is 6.61. The molecule has 0 radical (unpaired) electrons. The van der Waals surface area contributed by atoms with Crippen LogP contribution in [-0.2, 0) is 19.6 Å². The monoisotopic (exact) mass is 438 g/mol. The molecule has 3 aliphatic rings. The molecule has 0 unspecified atom stereocenters. The van der Waals surface area contributed by atoms with Gasteiger partial charge in [0.05, 0.1) is 12.3 Å². The number of sulfonamides is 1. The third kappa shape index (κ3) is 5.10. The third-order valence-corrected chi connectivity index (χ3v) is 6.99. The van der Waals surface area contributed by atoms with Gasteiger partial charge in [-0.3, -0.25) is 14.6 Å². The molecule has 1 amide bonds. The van der Waals surface area contributed by atoms with Crippen molar-refractivity contribution in [1.82, 2.24) is 14.6 Å². The predicted octanol–water partition coefficient (Wildman–Crippen LogP) is 0.846. The van der Waals surface area contributed by atoms with Crippen LogP contribution in [0.25, 0.3) is 0 Å². The molecule has 0 aromatic carbocycles. The summed E-state index contributed by atoms with van der Waals surface area (Å²) in [4.78, 5) is 29.8. The summed E-state index contributed by atoms with van der Waals surface area (Å²) in [7, 11) is -3.29. The molecule has 10 heteroatoms. The van der Waals surface area contributed by atoms with Crippen LogP contribution in [-0.4, -0.2) is 73.8 Å². The first kappa shape index (κ1) is 22.5. The molecule has 4 atom stereocenters. The maximum atomic E-state index is 12.7. The molecule has 2 bridgehead atoms. The Morgan fingerprint density at radius 1 is 1.33 bits per heavy atom. The number of aromatic nitrogens is 1. The number of amides is 1. The van der Waals surface area contributed by atoms with Gasteiger partial charge in [-0.2, -0.15) is 0 Å². The highest BCUT2D eigenvalue weighted by atomic mass is 32.2. The predicted molar refractivity (Wildman–Crippen MR) is 113 cm³/mol. The normalized spacial score (nSPS) is 28.3. The molecule has 9 nitrogen and oxygen atoms in total. The molecule has 2 N–H and O–H groups in total. The molecule has 4 rings (SSSR count). The van der Waals surface area contributed by atoms with E-state index in [-0.39, 0.29) is 30.4 Å². The molecule has 0 spiro atoms. The van der Waals surface area contributed by atoms with Crippen LogP contribution in [0.3, 0.4) is 0 Å². The Kier molecular flexibility index (Phi) is 6.97. The number of hydrogen-bond acceptors (Lipinski definition) is 6. The number of nitrogens with zero attached hydrogens (tertiary/aromatic N) is 3. The van der Waals surface area contributed by atoms with Gasteiger partial charge in [-0.1, -0.05) is 0 Å². The van der Waals surface area contributed by atoms with E-state index < -0.39 is 10.0 Å². The van der Waals surface area contributed by atoms with Gasteiger partial charge in [0.2, 0.25) is 15.9 Å². The van der Waals surface area contributed by atoms with E-state index in [2.05, 4.69) is 20.7 Å². The van der Waals surface area contributed by atoms with Crippen molar-refractivity contribution in [2.24, 2.45) is 11.8 Å². The molecular weight excluding hydrogens is 408 g/mol. The van der Waals surface area contributed by atoms with E-state index in [0.717, 1.165) is 38.0 Å². The number of rotatable bonds is 4. The molecular formula is C20H30N4O5S. The van der Waals surface area contributed by atoms with Gasteiger partial charge in [0, 0.05) is 49.7 Å². The largest absolute Gasteiger partial charge is 0.483 e. The highest BCUT2D eigenvalue weighted by Crippen LogP contribution is 2.42. The fraction of sp³-hybridized carbons (Fsp3) is 0.650. The maximum Gasteiger partial charge on any atom is 0.290 e. The molecule has 3 fully saturated rings.